The molecule has 13 heavy (non-hydrogen) atoms. The smallest absolute Gasteiger partial charge is 0.140 e. The first-order valence-electron chi connectivity index (χ1n) is 4.10. The molecule has 0 fully saturated rings. The molecule has 0 aliphatic heterocycles. The number of benzene rings is 1. The summed E-state index contributed by atoms with van der Waals surface area (Å²) in [5, 5.41) is 0.514. The first kappa shape index (κ1) is 8.26. The van der Waals surface area contributed by atoms with Gasteiger partial charge >= 0.3 is 0 Å². The molecule has 0 aliphatic rings. The molecule has 0 saturated carbocycles. The first-order chi connectivity index (χ1) is 6.22. The number of hydrogen-bond donors (Lipinski definition) is 1. The lowest BCUT2D eigenvalue weighted by Gasteiger charge is -1.94. The van der Waals surface area contributed by atoms with Gasteiger partial charge in [0.2, 0.25) is 0 Å². The predicted molar refractivity (Wildman–Crippen MR) is 48.8 cm³/mol. The van der Waals surface area contributed by atoms with E-state index in [-0.39, 0.29) is 5.82 Å². The Morgan fingerprint density at radius 2 is 2.23 bits per heavy atom. The Hall–Kier alpha value is -1.35. The zero-order chi connectivity index (χ0) is 9.42. The third kappa shape index (κ3) is 1.21. The van der Waals surface area contributed by atoms with Gasteiger partial charge in [0.15, 0.2) is 0 Å². The third-order valence-corrected chi connectivity index (χ3v) is 2.08. The van der Waals surface area contributed by atoms with E-state index in [9.17, 15) is 4.39 Å². The van der Waals surface area contributed by atoms with E-state index >= 15 is 0 Å². The SMILES string of the molecule is Cc1ccc(F)c2cc(CN)oc12. The van der Waals surface area contributed by atoms with E-state index in [0.717, 1.165) is 5.56 Å². The number of aryl methyl sites for hydroxylation is 1. The van der Waals surface area contributed by atoms with Gasteiger partial charge in [-0.1, -0.05) is 6.07 Å². The van der Waals surface area contributed by atoms with E-state index in [1.165, 1.54) is 6.07 Å². The van der Waals surface area contributed by atoms with Crippen molar-refractivity contribution in [1.82, 2.24) is 0 Å². The third-order valence-electron chi connectivity index (χ3n) is 2.08. The summed E-state index contributed by atoms with van der Waals surface area (Å²) < 4.78 is 18.6. The van der Waals surface area contributed by atoms with E-state index in [0.29, 0.717) is 23.3 Å². The standard InChI is InChI=1S/C10H10FNO/c1-6-2-3-9(11)8-4-7(5-12)13-10(6)8/h2-4H,5,12H2,1H3. The molecule has 2 N–H and O–H groups in total. The average Bonchev–Trinajstić information content (AvgIpc) is 2.56. The first-order valence-corrected chi connectivity index (χ1v) is 4.10. The second kappa shape index (κ2) is 2.85. The van der Waals surface area contributed by atoms with Gasteiger partial charge < -0.3 is 10.2 Å². The maximum Gasteiger partial charge on any atom is 0.140 e. The summed E-state index contributed by atoms with van der Waals surface area (Å²) in [5.74, 6) is 0.354. The highest BCUT2D eigenvalue weighted by Crippen LogP contribution is 2.24. The number of hydrogen-bond acceptors (Lipinski definition) is 2. The van der Waals surface area contributed by atoms with Crippen LogP contribution in [-0.4, -0.2) is 0 Å². The van der Waals surface area contributed by atoms with Crippen LogP contribution in [0.3, 0.4) is 0 Å². The zero-order valence-corrected chi connectivity index (χ0v) is 7.30. The molecule has 2 nitrogen and oxygen atoms in total. The van der Waals surface area contributed by atoms with Gasteiger partial charge in [-0.05, 0) is 24.6 Å². The Morgan fingerprint density at radius 1 is 1.46 bits per heavy atom. The van der Waals surface area contributed by atoms with Crippen LogP contribution in [0.1, 0.15) is 11.3 Å². The summed E-state index contributed by atoms with van der Waals surface area (Å²) >= 11 is 0. The molecule has 1 aromatic heterocycles. The number of nitrogens with two attached hydrogens (primary N) is 1. The Balaban J connectivity index is 2.80. The van der Waals surface area contributed by atoms with Crippen molar-refractivity contribution in [3.63, 3.8) is 0 Å². The van der Waals surface area contributed by atoms with Crippen LogP contribution < -0.4 is 5.73 Å². The number of halogens is 1. The minimum Gasteiger partial charge on any atom is -0.459 e. The fourth-order valence-electron chi connectivity index (χ4n) is 1.38. The van der Waals surface area contributed by atoms with Crippen LogP contribution in [0.15, 0.2) is 22.6 Å². The highest BCUT2D eigenvalue weighted by molar-refractivity contribution is 5.81. The van der Waals surface area contributed by atoms with Gasteiger partial charge in [0, 0.05) is 0 Å². The molecule has 68 valence electrons. The zero-order valence-electron chi connectivity index (χ0n) is 7.30. The maximum absolute atomic E-state index is 13.2. The van der Waals surface area contributed by atoms with Crippen molar-refractivity contribution in [1.29, 1.82) is 0 Å². The largest absolute Gasteiger partial charge is 0.459 e. The Kier molecular flexibility index (Phi) is 1.81. The van der Waals surface area contributed by atoms with Crippen molar-refractivity contribution in [3.05, 3.63) is 35.3 Å². The van der Waals surface area contributed by atoms with Crippen molar-refractivity contribution in [3.8, 4) is 0 Å². The van der Waals surface area contributed by atoms with Crippen molar-refractivity contribution in [2.45, 2.75) is 13.5 Å². The van der Waals surface area contributed by atoms with Crippen LogP contribution in [0.5, 0.6) is 0 Å². The molecule has 0 saturated heterocycles. The second-order valence-electron chi connectivity index (χ2n) is 3.02. The van der Waals surface area contributed by atoms with Gasteiger partial charge in [0.25, 0.3) is 0 Å². The maximum atomic E-state index is 13.2. The van der Waals surface area contributed by atoms with E-state index < -0.39 is 0 Å². The van der Waals surface area contributed by atoms with Gasteiger partial charge in [-0.25, -0.2) is 4.39 Å². The van der Waals surface area contributed by atoms with Gasteiger partial charge in [-0.15, -0.1) is 0 Å². The van der Waals surface area contributed by atoms with Crippen molar-refractivity contribution < 1.29 is 8.81 Å². The van der Waals surface area contributed by atoms with Crippen LogP contribution in [0.4, 0.5) is 4.39 Å². The fourth-order valence-corrected chi connectivity index (χ4v) is 1.38. The molecule has 2 aromatic rings. The minimum atomic E-state index is -0.260. The van der Waals surface area contributed by atoms with E-state index in [4.69, 9.17) is 10.2 Å². The van der Waals surface area contributed by atoms with Crippen molar-refractivity contribution in [2.75, 3.05) is 0 Å². The molecule has 0 radical (unpaired) electrons. The lowest BCUT2D eigenvalue weighted by atomic mass is 10.1. The Bertz CT molecular complexity index is 408. The summed E-state index contributed by atoms with van der Waals surface area (Å²) in [4.78, 5) is 0. The lowest BCUT2D eigenvalue weighted by molar-refractivity contribution is 0.549. The van der Waals surface area contributed by atoms with Crippen LogP contribution in [0.25, 0.3) is 11.0 Å². The highest BCUT2D eigenvalue weighted by Gasteiger charge is 2.08. The quantitative estimate of drug-likeness (QED) is 0.729. The van der Waals surface area contributed by atoms with Crippen LogP contribution in [0, 0.1) is 12.7 Å². The van der Waals surface area contributed by atoms with E-state index in [2.05, 4.69) is 0 Å². The van der Waals surface area contributed by atoms with Crippen LogP contribution >= 0.6 is 0 Å². The fraction of sp³-hybridized carbons (Fsp3) is 0.200. The molecule has 0 aliphatic carbocycles. The topological polar surface area (TPSA) is 39.2 Å². The van der Waals surface area contributed by atoms with Crippen molar-refractivity contribution in [2.24, 2.45) is 5.73 Å². The number of furan rings is 1. The molecule has 0 bridgehead atoms. The summed E-state index contributed by atoms with van der Waals surface area (Å²) in [5.41, 5.74) is 6.92. The van der Waals surface area contributed by atoms with Gasteiger partial charge in [-0.2, -0.15) is 0 Å². The molecule has 2 rings (SSSR count). The second-order valence-corrected chi connectivity index (χ2v) is 3.02. The predicted octanol–water partition coefficient (Wildman–Crippen LogP) is 2.34. The number of rotatable bonds is 1. The van der Waals surface area contributed by atoms with Gasteiger partial charge in [0.05, 0.1) is 11.9 Å². The number of fused-ring (bicyclic) bond motifs is 1. The normalized spacial score (nSPS) is 11.0. The van der Waals surface area contributed by atoms with E-state index in [1.807, 2.05) is 6.92 Å². The molecule has 0 atom stereocenters. The Labute approximate surface area is 75.1 Å². The van der Waals surface area contributed by atoms with Gasteiger partial charge in [0.1, 0.15) is 17.2 Å². The lowest BCUT2D eigenvalue weighted by Crippen LogP contribution is -1.92. The molecule has 1 heterocycles. The summed E-state index contributed by atoms with van der Waals surface area (Å²) in [6, 6.07) is 4.78. The average molecular weight is 179 g/mol. The van der Waals surface area contributed by atoms with Crippen LogP contribution in [-0.2, 0) is 6.54 Å². The molecule has 3 heteroatoms. The Morgan fingerprint density at radius 3 is 2.85 bits per heavy atom. The van der Waals surface area contributed by atoms with Gasteiger partial charge in [-0.3, -0.25) is 0 Å². The molecular formula is C10H10FNO. The van der Waals surface area contributed by atoms with E-state index in [1.54, 1.807) is 12.1 Å². The molecule has 1 aromatic carbocycles. The summed E-state index contributed by atoms with van der Waals surface area (Å²) in [6.45, 7) is 2.18. The van der Waals surface area contributed by atoms with Crippen LogP contribution in [0.2, 0.25) is 0 Å². The molecule has 0 amide bonds. The monoisotopic (exact) mass is 179 g/mol. The molecule has 0 unspecified atom stereocenters. The minimum absolute atomic E-state index is 0.260. The summed E-state index contributed by atoms with van der Waals surface area (Å²) in [7, 11) is 0. The summed E-state index contributed by atoms with van der Waals surface area (Å²) in [6.07, 6.45) is 0. The molecule has 0 spiro atoms. The highest BCUT2D eigenvalue weighted by atomic mass is 19.1. The molecular weight excluding hydrogens is 169 g/mol. The van der Waals surface area contributed by atoms with Crippen molar-refractivity contribution >= 4 is 11.0 Å².